The number of anilines is 1. The predicted molar refractivity (Wildman–Crippen MR) is 88.3 cm³/mol. The zero-order valence-corrected chi connectivity index (χ0v) is 13.5. The number of amides is 2. The molecule has 0 aliphatic heterocycles. The monoisotopic (exact) mass is 350 g/mol. The van der Waals surface area contributed by atoms with Gasteiger partial charge in [0.2, 0.25) is 5.91 Å². The smallest absolute Gasteiger partial charge is 0.347 e. The van der Waals surface area contributed by atoms with Crippen LogP contribution in [0.4, 0.5) is 18.9 Å². The predicted octanol–water partition coefficient (Wildman–Crippen LogP) is 3.47. The van der Waals surface area contributed by atoms with Crippen LogP contribution in [0.5, 0.6) is 0 Å². The highest BCUT2D eigenvalue weighted by molar-refractivity contribution is 6.05. The molecule has 0 bridgehead atoms. The van der Waals surface area contributed by atoms with E-state index in [1.165, 1.54) is 0 Å². The molecular formula is C18H17F3N2O2. The minimum absolute atomic E-state index is 0.165. The number of rotatable bonds is 5. The summed E-state index contributed by atoms with van der Waals surface area (Å²) in [6.45, 7) is 0.480. The number of halogens is 3. The molecule has 2 aromatic carbocycles. The molecule has 0 saturated heterocycles. The standard InChI is InChI=1S/C18H17F3N2O2/c1-12-4-2-3-5-15(12)17(25)23-14-8-6-13(7-9-14)10-16(24)22-11-18(19,20)21/h2-9H,10-11H2,1H3,(H,22,24)(H,23,25). The normalized spacial score (nSPS) is 11.0. The molecule has 0 aliphatic rings. The lowest BCUT2D eigenvalue weighted by Crippen LogP contribution is -2.34. The summed E-state index contributed by atoms with van der Waals surface area (Å²) < 4.78 is 36.1. The van der Waals surface area contributed by atoms with Crippen molar-refractivity contribution in [2.45, 2.75) is 19.5 Å². The van der Waals surface area contributed by atoms with Crippen LogP contribution in [0.1, 0.15) is 21.5 Å². The second kappa shape index (κ2) is 7.83. The maximum Gasteiger partial charge on any atom is 0.405 e. The Bertz CT molecular complexity index is 756. The van der Waals surface area contributed by atoms with E-state index >= 15 is 0 Å². The van der Waals surface area contributed by atoms with Gasteiger partial charge >= 0.3 is 6.18 Å². The number of carbonyl (C=O) groups excluding carboxylic acids is 2. The van der Waals surface area contributed by atoms with E-state index in [4.69, 9.17) is 0 Å². The van der Waals surface area contributed by atoms with Crippen LogP contribution in [0.25, 0.3) is 0 Å². The molecule has 0 spiro atoms. The molecule has 2 N–H and O–H groups in total. The fourth-order valence-corrected chi connectivity index (χ4v) is 2.18. The number of alkyl halides is 3. The highest BCUT2D eigenvalue weighted by Gasteiger charge is 2.27. The Morgan fingerprint density at radius 3 is 2.24 bits per heavy atom. The molecule has 4 nitrogen and oxygen atoms in total. The SMILES string of the molecule is Cc1ccccc1C(=O)Nc1ccc(CC(=O)NCC(F)(F)F)cc1. The Balaban J connectivity index is 1.93. The second-order valence-electron chi connectivity index (χ2n) is 5.53. The van der Waals surface area contributed by atoms with Gasteiger partial charge in [0.05, 0.1) is 6.42 Å². The fourth-order valence-electron chi connectivity index (χ4n) is 2.18. The molecule has 2 amide bonds. The minimum atomic E-state index is -4.43. The van der Waals surface area contributed by atoms with Crippen molar-refractivity contribution in [1.82, 2.24) is 5.32 Å². The molecule has 0 radical (unpaired) electrons. The second-order valence-corrected chi connectivity index (χ2v) is 5.53. The first-order valence-corrected chi connectivity index (χ1v) is 7.54. The molecular weight excluding hydrogens is 333 g/mol. The molecule has 0 saturated carbocycles. The van der Waals surface area contributed by atoms with Gasteiger partial charge in [-0.1, -0.05) is 30.3 Å². The van der Waals surface area contributed by atoms with Gasteiger partial charge in [0, 0.05) is 11.3 Å². The van der Waals surface area contributed by atoms with Gasteiger partial charge in [0.25, 0.3) is 5.91 Å². The van der Waals surface area contributed by atoms with Crippen LogP contribution >= 0.6 is 0 Å². The first-order valence-electron chi connectivity index (χ1n) is 7.54. The Labute approximate surface area is 143 Å². The lowest BCUT2D eigenvalue weighted by atomic mass is 10.1. The van der Waals surface area contributed by atoms with Crippen molar-refractivity contribution < 1.29 is 22.8 Å². The Morgan fingerprint density at radius 2 is 1.64 bits per heavy atom. The topological polar surface area (TPSA) is 58.2 Å². The van der Waals surface area contributed by atoms with Crippen LogP contribution in [0.15, 0.2) is 48.5 Å². The van der Waals surface area contributed by atoms with E-state index < -0.39 is 18.6 Å². The summed E-state index contributed by atoms with van der Waals surface area (Å²) in [5, 5.41) is 4.55. The number of aryl methyl sites for hydroxylation is 1. The zero-order chi connectivity index (χ0) is 18.4. The minimum Gasteiger partial charge on any atom is -0.347 e. The summed E-state index contributed by atoms with van der Waals surface area (Å²) in [4.78, 5) is 23.7. The van der Waals surface area contributed by atoms with Gasteiger partial charge in [-0.05, 0) is 36.2 Å². The van der Waals surface area contributed by atoms with Crippen molar-refractivity contribution in [3.05, 3.63) is 65.2 Å². The maximum atomic E-state index is 12.2. The van der Waals surface area contributed by atoms with Gasteiger partial charge in [-0.2, -0.15) is 13.2 Å². The van der Waals surface area contributed by atoms with E-state index in [0.717, 1.165) is 5.56 Å². The van der Waals surface area contributed by atoms with E-state index in [1.807, 2.05) is 24.4 Å². The molecule has 7 heteroatoms. The lowest BCUT2D eigenvalue weighted by molar-refractivity contribution is -0.138. The van der Waals surface area contributed by atoms with Crippen molar-refractivity contribution in [2.75, 3.05) is 11.9 Å². The summed E-state index contributed by atoms with van der Waals surface area (Å²) in [6.07, 6.45) is -4.60. The van der Waals surface area contributed by atoms with Crippen LogP contribution in [-0.4, -0.2) is 24.5 Å². The van der Waals surface area contributed by atoms with E-state index in [0.29, 0.717) is 16.8 Å². The van der Waals surface area contributed by atoms with Crippen molar-refractivity contribution >= 4 is 17.5 Å². The summed E-state index contributed by atoms with van der Waals surface area (Å²) in [5.74, 6) is -0.970. The highest BCUT2D eigenvalue weighted by Crippen LogP contribution is 2.15. The first kappa shape index (κ1) is 18.5. The van der Waals surface area contributed by atoms with Crippen molar-refractivity contribution in [1.29, 1.82) is 0 Å². The summed E-state index contributed by atoms with van der Waals surface area (Å²) >= 11 is 0. The van der Waals surface area contributed by atoms with Gasteiger partial charge < -0.3 is 10.6 Å². The average Bonchev–Trinajstić information content (AvgIpc) is 2.54. The number of hydrogen-bond donors (Lipinski definition) is 2. The molecule has 2 rings (SSSR count). The molecule has 0 heterocycles. The number of carbonyl (C=O) groups is 2. The zero-order valence-electron chi connectivity index (χ0n) is 13.5. The van der Waals surface area contributed by atoms with Crippen molar-refractivity contribution in [2.24, 2.45) is 0 Å². The number of nitrogens with one attached hydrogen (secondary N) is 2. The third-order valence-electron chi connectivity index (χ3n) is 3.45. The van der Waals surface area contributed by atoms with Crippen LogP contribution in [0.2, 0.25) is 0 Å². The fraction of sp³-hybridized carbons (Fsp3) is 0.222. The van der Waals surface area contributed by atoms with Crippen LogP contribution in [-0.2, 0) is 11.2 Å². The number of benzene rings is 2. The molecule has 0 aliphatic carbocycles. The molecule has 25 heavy (non-hydrogen) atoms. The average molecular weight is 350 g/mol. The Morgan fingerprint density at radius 1 is 1.00 bits per heavy atom. The molecule has 0 aromatic heterocycles. The van der Waals surface area contributed by atoms with Gasteiger partial charge in [-0.15, -0.1) is 0 Å². The van der Waals surface area contributed by atoms with E-state index in [9.17, 15) is 22.8 Å². The van der Waals surface area contributed by atoms with E-state index in [1.54, 1.807) is 36.4 Å². The summed E-state index contributed by atoms with van der Waals surface area (Å²) in [6, 6.07) is 13.5. The highest BCUT2D eigenvalue weighted by atomic mass is 19.4. The first-order chi connectivity index (χ1) is 11.7. The van der Waals surface area contributed by atoms with E-state index in [2.05, 4.69) is 5.32 Å². The summed E-state index contributed by atoms with van der Waals surface area (Å²) in [5.41, 5.74) is 2.48. The third-order valence-corrected chi connectivity index (χ3v) is 3.45. The molecule has 0 fully saturated rings. The van der Waals surface area contributed by atoms with Gasteiger partial charge in [0.15, 0.2) is 0 Å². The lowest BCUT2D eigenvalue weighted by Gasteiger charge is -2.10. The molecule has 2 aromatic rings. The summed E-state index contributed by atoms with van der Waals surface area (Å²) in [7, 11) is 0. The third kappa shape index (κ3) is 5.95. The van der Waals surface area contributed by atoms with Gasteiger partial charge in [-0.3, -0.25) is 9.59 Å². The Hall–Kier alpha value is -2.83. The largest absolute Gasteiger partial charge is 0.405 e. The van der Waals surface area contributed by atoms with Crippen LogP contribution in [0.3, 0.4) is 0 Å². The van der Waals surface area contributed by atoms with Crippen molar-refractivity contribution in [3.63, 3.8) is 0 Å². The maximum absolute atomic E-state index is 12.2. The Kier molecular flexibility index (Phi) is 5.80. The quantitative estimate of drug-likeness (QED) is 0.868. The van der Waals surface area contributed by atoms with Gasteiger partial charge in [0.1, 0.15) is 6.54 Å². The molecule has 0 atom stereocenters. The molecule has 0 unspecified atom stereocenters. The van der Waals surface area contributed by atoms with Crippen LogP contribution < -0.4 is 10.6 Å². The van der Waals surface area contributed by atoms with Gasteiger partial charge in [-0.25, -0.2) is 0 Å². The molecule has 132 valence electrons. The van der Waals surface area contributed by atoms with E-state index in [-0.39, 0.29) is 12.3 Å². The number of hydrogen-bond acceptors (Lipinski definition) is 2. The van der Waals surface area contributed by atoms with Crippen LogP contribution in [0, 0.1) is 6.92 Å². The van der Waals surface area contributed by atoms with Crippen molar-refractivity contribution in [3.8, 4) is 0 Å².